The van der Waals surface area contributed by atoms with Crippen molar-refractivity contribution < 1.29 is 14.6 Å². The minimum Gasteiger partial charge on any atom is -0.491 e. The standard InChI is InChI=1S/C16H26N2O3/c1-12-8-18(9-13(2)21-12)10-15(19)11-20-16-5-3-4-14(6-16)7-17/h3-6,12-13,15,19H,7-11,17H2,1-2H3. The molecule has 118 valence electrons. The van der Waals surface area contributed by atoms with Gasteiger partial charge in [0, 0.05) is 26.2 Å². The lowest BCUT2D eigenvalue weighted by molar-refractivity contribution is -0.0786. The SMILES string of the molecule is CC1CN(CC(O)COc2cccc(CN)c2)CC(C)O1. The minimum atomic E-state index is -0.510. The van der Waals surface area contributed by atoms with E-state index in [1.54, 1.807) is 0 Å². The highest BCUT2D eigenvalue weighted by molar-refractivity contribution is 5.28. The van der Waals surface area contributed by atoms with Gasteiger partial charge in [0.2, 0.25) is 0 Å². The van der Waals surface area contributed by atoms with Crippen LogP contribution in [0.25, 0.3) is 0 Å². The van der Waals surface area contributed by atoms with Crippen molar-refractivity contribution in [3.8, 4) is 5.75 Å². The Balaban J connectivity index is 1.77. The molecular formula is C16H26N2O3. The molecule has 3 atom stereocenters. The van der Waals surface area contributed by atoms with Crippen molar-refractivity contribution in [1.82, 2.24) is 4.90 Å². The number of nitrogens with two attached hydrogens (primary N) is 1. The Hall–Kier alpha value is -1.14. The minimum absolute atomic E-state index is 0.211. The van der Waals surface area contributed by atoms with Crippen LogP contribution in [0.5, 0.6) is 5.75 Å². The number of morpholine rings is 1. The highest BCUT2D eigenvalue weighted by Crippen LogP contribution is 2.14. The number of hydrogen-bond donors (Lipinski definition) is 2. The highest BCUT2D eigenvalue weighted by Gasteiger charge is 2.23. The molecule has 21 heavy (non-hydrogen) atoms. The van der Waals surface area contributed by atoms with E-state index in [-0.39, 0.29) is 18.8 Å². The lowest BCUT2D eigenvalue weighted by Crippen LogP contribution is -2.48. The summed E-state index contributed by atoms with van der Waals surface area (Å²) in [5.74, 6) is 0.751. The van der Waals surface area contributed by atoms with Crippen LogP contribution >= 0.6 is 0 Å². The average molecular weight is 294 g/mol. The van der Waals surface area contributed by atoms with Gasteiger partial charge in [0.1, 0.15) is 18.5 Å². The summed E-state index contributed by atoms with van der Waals surface area (Å²) in [5, 5.41) is 10.1. The summed E-state index contributed by atoms with van der Waals surface area (Å²) in [6.07, 6.45) is -0.0877. The Morgan fingerprint density at radius 2 is 2.10 bits per heavy atom. The predicted octanol–water partition coefficient (Wildman–Crippen LogP) is 0.994. The van der Waals surface area contributed by atoms with E-state index in [1.165, 1.54) is 0 Å². The Bertz CT molecular complexity index is 431. The van der Waals surface area contributed by atoms with Crippen LogP contribution in [0.4, 0.5) is 0 Å². The summed E-state index contributed by atoms with van der Waals surface area (Å²) in [6.45, 7) is 7.20. The first-order valence-electron chi connectivity index (χ1n) is 7.54. The number of aliphatic hydroxyl groups is 1. The molecule has 1 aromatic rings. The van der Waals surface area contributed by atoms with E-state index in [2.05, 4.69) is 18.7 Å². The van der Waals surface area contributed by atoms with Gasteiger partial charge in [-0.25, -0.2) is 0 Å². The quantitative estimate of drug-likeness (QED) is 0.819. The van der Waals surface area contributed by atoms with Gasteiger partial charge in [0.05, 0.1) is 12.2 Å². The maximum Gasteiger partial charge on any atom is 0.119 e. The van der Waals surface area contributed by atoms with E-state index in [4.69, 9.17) is 15.2 Å². The molecule has 5 heteroatoms. The van der Waals surface area contributed by atoms with E-state index < -0.39 is 6.10 Å². The van der Waals surface area contributed by atoms with Gasteiger partial charge in [0.25, 0.3) is 0 Å². The summed E-state index contributed by atoms with van der Waals surface area (Å²) >= 11 is 0. The molecule has 0 aromatic heterocycles. The first-order chi connectivity index (χ1) is 10.1. The van der Waals surface area contributed by atoms with Crippen LogP contribution < -0.4 is 10.5 Å². The summed E-state index contributed by atoms with van der Waals surface area (Å²) in [4.78, 5) is 2.23. The second-order valence-corrected chi connectivity index (χ2v) is 5.79. The lowest BCUT2D eigenvalue weighted by Gasteiger charge is -2.36. The molecule has 1 aliphatic rings. The van der Waals surface area contributed by atoms with Gasteiger partial charge in [-0.15, -0.1) is 0 Å². The van der Waals surface area contributed by atoms with Crippen molar-refractivity contribution in [3.05, 3.63) is 29.8 Å². The van der Waals surface area contributed by atoms with Crippen LogP contribution in [0.3, 0.4) is 0 Å². The third kappa shape index (κ3) is 5.28. The van der Waals surface area contributed by atoms with E-state index in [9.17, 15) is 5.11 Å². The first kappa shape index (κ1) is 16.2. The second-order valence-electron chi connectivity index (χ2n) is 5.79. The third-order valence-electron chi connectivity index (χ3n) is 3.54. The number of hydrogen-bond acceptors (Lipinski definition) is 5. The second kappa shape index (κ2) is 7.75. The van der Waals surface area contributed by atoms with Gasteiger partial charge < -0.3 is 20.3 Å². The number of rotatable bonds is 6. The lowest BCUT2D eigenvalue weighted by atomic mass is 10.2. The normalized spacial score (nSPS) is 24.8. The van der Waals surface area contributed by atoms with Gasteiger partial charge in [-0.3, -0.25) is 4.90 Å². The van der Waals surface area contributed by atoms with Gasteiger partial charge >= 0.3 is 0 Å². The van der Waals surface area contributed by atoms with Crippen molar-refractivity contribution in [2.75, 3.05) is 26.2 Å². The molecule has 1 fully saturated rings. The molecule has 3 unspecified atom stereocenters. The average Bonchev–Trinajstić information content (AvgIpc) is 2.44. The van der Waals surface area contributed by atoms with Crippen molar-refractivity contribution in [3.63, 3.8) is 0 Å². The molecule has 3 N–H and O–H groups in total. The monoisotopic (exact) mass is 294 g/mol. The highest BCUT2D eigenvalue weighted by atomic mass is 16.5. The van der Waals surface area contributed by atoms with Crippen LogP contribution in [0.2, 0.25) is 0 Å². The number of benzene rings is 1. The largest absolute Gasteiger partial charge is 0.491 e. The number of aliphatic hydroxyl groups excluding tert-OH is 1. The maximum absolute atomic E-state index is 10.1. The zero-order valence-electron chi connectivity index (χ0n) is 12.9. The predicted molar refractivity (Wildman–Crippen MR) is 82.3 cm³/mol. The summed E-state index contributed by atoms with van der Waals surface area (Å²) in [7, 11) is 0. The Morgan fingerprint density at radius 3 is 2.76 bits per heavy atom. The van der Waals surface area contributed by atoms with Crippen molar-refractivity contribution in [2.24, 2.45) is 5.73 Å². The van der Waals surface area contributed by atoms with Crippen LogP contribution in [-0.2, 0) is 11.3 Å². The van der Waals surface area contributed by atoms with E-state index >= 15 is 0 Å². The van der Waals surface area contributed by atoms with Crippen molar-refractivity contribution in [1.29, 1.82) is 0 Å². The van der Waals surface area contributed by atoms with Gasteiger partial charge in [-0.2, -0.15) is 0 Å². The zero-order chi connectivity index (χ0) is 15.2. The fourth-order valence-corrected chi connectivity index (χ4v) is 2.74. The van der Waals surface area contributed by atoms with Crippen LogP contribution in [0.1, 0.15) is 19.4 Å². The Morgan fingerprint density at radius 1 is 1.38 bits per heavy atom. The van der Waals surface area contributed by atoms with Gasteiger partial charge in [0.15, 0.2) is 0 Å². The Kier molecular flexibility index (Phi) is 5.99. The zero-order valence-corrected chi connectivity index (χ0v) is 12.9. The molecule has 1 saturated heterocycles. The molecule has 1 aromatic carbocycles. The molecule has 0 saturated carbocycles. The molecule has 5 nitrogen and oxygen atoms in total. The van der Waals surface area contributed by atoms with Crippen LogP contribution in [-0.4, -0.2) is 54.6 Å². The third-order valence-corrected chi connectivity index (χ3v) is 3.54. The first-order valence-corrected chi connectivity index (χ1v) is 7.54. The molecule has 1 aliphatic heterocycles. The molecule has 0 bridgehead atoms. The maximum atomic E-state index is 10.1. The van der Waals surface area contributed by atoms with Crippen LogP contribution in [0.15, 0.2) is 24.3 Å². The van der Waals surface area contributed by atoms with E-state index in [1.807, 2.05) is 24.3 Å². The summed E-state index contributed by atoms with van der Waals surface area (Å²) in [6, 6.07) is 7.66. The van der Waals surface area contributed by atoms with Crippen molar-refractivity contribution in [2.45, 2.75) is 38.7 Å². The molecule has 1 heterocycles. The topological polar surface area (TPSA) is 68.0 Å². The molecule has 2 rings (SSSR count). The number of β-amino-alcohol motifs (C(OH)–C–C–N with tert-alkyl or cyclic N) is 1. The smallest absolute Gasteiger partial charge is 0.119 e. The number of ether oxygens (including phenoxy) is 2. The summed E-state index contributed by atoms with van der Waals surface area (Å²) < 4.78 is 11.3. The molecule has 0 spiro atoms. The Labute approximate surface area is 126 Å². The van der Waals surface area contributed by atoms with Crippen molar-refractivity contribution >= 4 is 0 Å². The molecular weight excluding hydrogens is 268 g/mol. The molecule has 0 radical (unpaired) electrons. The van der Waals surface area contributed by atoms with Crippen LogP contribution in [0, 0.1) is 0 Å². The van der Waals surface area contributed by atoms with E-state index in [0.29, 0.717) is 13.1 Å². The molecule has 0 amide bonds. The fourth-order valence-electron chi connectivity index (χ4n) is 2.74. The fraction of sp³-hybridized carbons (Fsp3) is 0.625. The van der Waals surface area contributed by atoms with Gasteiger partial charge in [-0.05, 0) is 31.5 Å². The molecule has 0 aliphatic carbocycles. The van der Waals surface area contributed by atoms with Gasteiger partial charge in [-0.1, -0.05) is 12.1 Å². The van der Waals surface area contributed by atoms with E-state index in [0.717, 1.165) is 24.4 Å². The summed E-state index contributed by atoms with van der Waals surface area (Å²) in [5.41, 5.74) is 6.63. The number of nitrogens with zero attached hydrogens (tertiary/aromatic N) is 1.